The third-order valence-corrected chi connectivity index (χ3v) is 4.97. The van der Waals surface area contributed by atoms with Gasteiger partial charge in [-0.1, -0.05) is 20.3 Å². The summed E-state index contributed by atoms with van der Waals surface area (Å²) in [6, 6.07) is 0.487. The van der Waals surface area contributed by atoms with E-state index in [4.69, 9.17) is 0 Å². The molecule has 3 nitrogen and oxygen atoms in total. The van der Waals surface area contributed by atoms with E-state index in [0.29, 0.717) is 30.0 Å². The van der Waals surface area contributed by atoms with Gasteiger partial charge in [-0.05, 0) is 31.6 Å². The first-order valence-electron chi connectivity index (χ1n) is 6.51. The van der Waals surface area contributed by atoms with Crippen molar-refractivity contribution in [2.75, 3.05) is 18.1 Å². The lowest BCUT2D eigenvalue weighted by molar-refractivity contribution is 0.474. The molecule has 1 fully saturated rings. The topological polar surface area (TPSA) is 46.2 Å². The van der Waals surface area contributed by atoms with E-state index in [1.54, 1.807) is 0 Å². The van der Waals surface area contributed by atoms with Crippen molar-refractivity contribution in [3.8, 4) is 0 Å². The van der Waals surface area contributed by atoms with Crippen LogP contribution in [0.2, 0.25) is 0 Å². The first-order valence-corrected chi connectivity index (χ1v) is 8.33. The van der Waals surface area contributed by atoms with Crippen LogP contribution in [-0.4, -0.2) is 32.5 Å². The van der Waals surface area contributed by atoms with Gasteiger partial charge in [0.2, 0.25) is 0 Å². The summed E-state index contributed by atoms with van der Waals surface area (Å²) in [5, 5.41) is 3.34. The first-order chi connectivity index (χ1) is 7.57. The third kappa shape index (κ3) is 5.85. The molecule has 0 aromatic carbocycles. The largest absolute Gasteiger partial charge is 0.313 e. The summed E-state index contributed by atoms with van der Waals surface area (Å²) in [5.41, 5.74) is 0. The van der Waals surface area contributed by atoms with Crippen molar-refractivity contribution < 1.29 is 8.42 Å². The van der Waals surface area contributed by atoms with Crippen LogP contribution in [0.1, 0.15) is 46.0 Å². The molecule has 0 bridgehead atoms. The van der Waals surface area contributed by atoms with Crippen LogP contribution in [0, 0.1) is 5.92 Å². The van der Waals surface area contributed by atoms with Gasteiger partial charge in [-0.3, -0.25) is 0 Å². The average molecular weight is 247 g/mol. The number of hydrogen-bond donors (Lipinski definition) is 1. The highest BCUT2D eigenvalue weighted by atomic mass is 32.2. The van der Waals surface area contributed by atoms with E-state index in [0.717, 1.165) is 32.1 Å². The van der Waals surface area contributed by atoms with Crippen LogP contribution in [0.15, 0.2) is 0 Å². The Hall–Kier alpha value is -0.0900. The van der Waals surface area contributed by atoms with Crippen LogP contribution in [0.5, 0.6) is 0 Å². The Kier molecular flexibility index (Phi) is 5.76. The third-order valence-electron chi connectivity index (χ3n) is 3.16. The molecule has 0 aromatic rings. The molecule has 1 rings (SSSR count). The van der Waals surface area contributed by atoms with Crippen LogP contribution in [0.4, 0.5) is 0 Å². The molecule has 96 valence electrons. The van der Waals surface area contributed by atoms with E-state index in [-0.39, 0.29) is 0 Å². The van der Waals surface area contributed by atoms with Crippen LogP contribution in [0.25, 0.3) is 0 Å². The van der Waals surface area contributed by atoms with Crippen molar-refractivity contribution in [1.82, 2.24) is 5.32 Å². The molecular weight excluding hydrogens is 222 g/mol. The molecule has 0 spiro atoms. The molecule has 0 aromatic heterocycles. The van der Waals surface area contributed by atoms with Gasteiger partial charge in [-0.25, -0.2) is 8.42 Å². The zero-order valence-electron chi connectivity index (χ0n) is 10.5. The Morgan fingerprint density at radius 1 is 1.31 bits per heavy atom. The standard InChI is InChI=1S/C12H25NO2S/c1-3-5-12(4-2)13-8-9-16(14,15)10-11-6-7-11/h11-13H,3-10H2,1-2H3. The molecule has 1 unspecified atom stereocenters. The lowest BCUT2D eigenvalue weighted by Gasteiger charge is -2.15. The molecular formula is C12H25NO2S. The molecule has 1 aliphatic rings. The molecule has 0 heterocycles. The van der Waals surface area contributed by atoms with Crippen molar-refractivity contribution in [2.45, 2.75) is 52.0 Å². The van der Waals surface area contributed by atoms with E-state index < -0.39 is 9.84 Å². The van der Waals surface area contributed by atoms with Gasteiger partial charge < -0.3 is 5.32 Å². The maximum atomic E-state index is 11.7. The predicted octanol–water partition coefficient (Wildman–Crippen LogP) is 1.98. The molecule has 1 saturated carbocycles. The lowest BCUT2D eigenvalue weighted by Crippen LogP contribution is -2.33. The van der Waals surface area contributed by atoms with Crippen LogP contribution in [0.3, 0.4) is 0 Å². The number of rotatable bonds is 9. The van der Waals surface area contributed by atoms with Crippen LogP contribution < -0.4 is 5.32 Å². The minimum absolute atomic E-state index is 0.309. The Morgan fingerprint density at radius 2 is 2.00 bits per heavy atom. The monoisotopic (exact) mass is 247 g/mol. The fourth-order valence-corrected chi connectivity index (χ4v) is 3.59. The predicted molar refractivity (Wildman–Crippen MR) is 68.4 cm³/mol. The Labute approximate surface area is 99.9 Å². The zero-order chi connectivity index (χ0) is 12.0. The molecule has 1 aliphatic carbocycles. The number of sulfone groups is 1. The van der Waals surface area contributed by atoms with Crippen molar-refractivity contribution in [2.24, 2.45) is 5.92 Å². The number of nitrogens with one attached hydrogen (secondary N) is 1. The summed E-state index contributed by atoms with van der Waals surface area (Å²) >= 11 is 0. The maximum Gasteiger partial charge on any atom is 0.151 e. The van der Waals surface area contributed by atoms with Gasteiger partial charge in [0.15, 0.2) is 9.84 Å². The van der Waals surface area contributed by atoms with Crippen molar-refractivity contribution in [1.29, 1.82) is 0 Å². The fourth-order valence-electron chi connectivity index (χ4n) is 1.94. The summed E-state index contributed by atoms with van der Waals surface area (Å²) in [4.78, 5) is 0. The molecule has 1 atom stereocenters. The maximum absolute atomic E-state index is 11.7. The smallest absolute Gasteiger partial charge is 0.151 e. The summed E-state index contributed by atoms with van der Waals surface area (Å²) in [6.07, 6.45) is 5.59. The fraction of sp³-hybridized carbons (Fsp3) is 1.00. The highest BCUT2D eigenvalue weighted by Crippen LogP contribution is 2.30. The molecule has 0 amide bonds. The molecule has 4 heteroatoms. The number of hydrogen-bond acceptors (Lipinski definition) is 3. The minimum atomic E-state index is -2.80. The molecule has 0 saturated heterocycles. The van der Waals surface area contributed by atoms with E-state index in [9.17, 15) is 8.42 Å². The zero-order valence-corrected chi connectivity index (χ0v) is 11.4. The average Bonchev–Trinajstić information content (AvgIpc) is 2.99. The normalized spacial score (nSPS) is 18.6. The van der Waals surface area contributed by atoms with Gasteiger partial charge in [0, 0.05) is 12.6 Å². The van der Waals surface area contributed by atoms with Gasteiger partial charge in [-0.2, -0.15) is 0 Å². The molecule has 1 N–H and O–H groups in total. The lowest BCUT2D eigenvalue weighted by atomic mass is 10.1. The molecule has 16 heavy (non-hydrogen) atoms. The second kappa shape index (κ2) is 6.60. The quantitative estimate of drug-likeness (QED) is 0.677. The van der Waals surface area contributed by atoms with Gasteiger partial charge in [0.05, 0.1) is 11.5 Å². The van der Waals surface area contributed by atoms with Gasteiger partial charge in [-0.15, -0.1) is 0 Å². The second-order valence-corrected chi connectivity index (χ2v) is 7.13. The van der Waals surface area contributed by atoms with Gasteiger partial charge in [0.25, 0.3) is 0 Å². The van der Waals surface area contributed by atoms with Crippen molar-refractivity contribution in [3.63, 3.8) is 0 Å². The second-order valence-electron chi connectivity index (χ2n) is 4.91. The highest BCUT2D eigenvalue weighted by molar-refractivity contribution is 7.91. The summed E-state index contributed by atoms with van der Waals surface area (Å²) in [6.45, 7) is 4.92. The van der Waals surface area contributed by atoms with Gasteiger partial charge >= 0.3 is 0 Å². The van der Waals surface area contributed by atoms with Crippen molar-refractivity contribution >= 4 is 9.84 Å². The van der Waals surface area contributed by atoms with Crippen LogP contribution in [-0.2, 0) is 9.84 Å². The van der Waals surface area contributed by atoms with E-state index >= 15 is 0 Å². The highest BCUT2D eigenvalue weighted by Gasteiger charge is 2.27. The van der Waals surface area contributed by atoms with Crippen LogP contribution >= 0.6 is 0 Å². The minimum Gasteiger partial charge on any atom is -0.313 e. The summed E-state index contributed by atoms with van der Waals surface area (Å²) in [7, 11) is -2.80. The SMILES string of the molecule is CCCC(CC)NCCS(=O)(=O)CC1CC1. The van der Waals surface area contributed by atoms with E-state index in [2.05, 4.69) is 19.2 Å². The summed E-state index contributed by atoms with van der Waals surface area (Å²) < 4.78 is 23.3. The Bertz CT molecular complexity index is 283. The van der Waals surface area contributed by atoms with Crippen molar-refractivity contribution in [3.05, 3.63) is 0 Å². The summed E-state index contributed by atoms with van der Waals surface area (Å²) in [5.74, 6) is 1.20. The Morgan fingerprint density at radius 3 is 2.50 bits per heavy atom. The first kappa shape index (κ1) is 14.0. The van der Waals surface area contributed by atoms with E-state index in [1.807, 2.05) is 0 Å². The van der Waals surface area contributed by atoms with E-state index in [1.165, 1.54) is 0 Å². The molecule has 0 radical (unpaired) electrons. The van der Waals surface area contributed by atoms with Gasteiger partial charge in [0.1, 0.15) is 0 Å². The Balaban J connectivity index is 2.17. The molecule has 0 aliphatic heterocycles.